The van der Waals surface area contributed by atoms with Crippen molar-refractivity contribution in [2.45, 2.75) is 25.1 Å². The largest absolute Gasteiger partial charge is 0.447 e. The van der Waals surface area contributed by atoms with E-state index < -0.39 is 10.0 Å². The molecule has 104 valence electrons. The Morgan fingerprint density at radius 2 is 2.05 bits per heavy atom. The van der Waals surface area contributed by atoms with Crippen LogP contribution in [-0.2, 0) is 23.1 Å². The molecule has 2 rings (SSSR count). The number of nitrogens with one attached hydrogen (secondary N) is 2. The van der Waals surface area contributed by atoms with Crippen LogP contribution in [0, 0.1) is 0 Å². The summed E-state index contributed by atoms with van der Waals surface area (Å²) in [5.41, 5.74) is 0. The number of nitrogens with zero attached hydrogens (tertiary/aromatic N) is 1. The van der Waals surface area contributed by atoms with Gasteiger partial charge >= 0.3 is 0 Å². The van der Waals surface area contributed by atoms with Crippen molar-refractivity contribution >= 4 is 10.0 Å². The molecular formula is C11H15N3O4S. The standard InChI is InChI=1S/C11H15N3O4S/c1-2-12-7-9-3-4-11(17-9)19(15,16)14-8-10-5-6-13-18-10/h3-6,12,14H,2,7-8H2,1H3. The summed E-state index contributed by atoms with van der Waals surface area (Å²) < 4.78 is 36.3. The van der Waals surface area contributed by atoms with Crippen LogP contribution in [0.15, 0.2) is 38.4 Å². The molecular weight excluding hydrogens is 270 g/mol. The molecule has 2 aromatic rings. The Morgan fingerprint density at radius 1 is 1.21 bits per heavy atom. The van der Waals surface area contributed by atoms with E-state index in [0.717, 1.165) is 6.54 Å². The molecule has 0 aliphatic rings. The monoisotopic (exact) mass is 285 g/mol. The van der Waals surface area contributed by atoms with Gasteiger partial charge in [-0.3, -0.25) is 0 Å². The highest BCUT2D eigenvalue weighted by Crippen LogP contribution is 2.14. The first kappa shape index (κ1) is 13.8. The minimum absolute atomic E-state index is 0.0333. The summed E-state index contributed by atoms with van der Waals surface area (Å²) in [6.45, 7) is 3.27. The molecule has 2 aromatic heterocycles. The molecule has 0 bridgehead atoms. The van der Waals surface area contributed by atoms with Crippen molar-refractivity contribution < 1.29 is 17.4 Å². The molecule has 0 saturated carbocycles. The van der Waals surface area contributed by atoms with Gasteiger partial charge in [0.2, 0.25) is 5.09 Å². The Hall–Kier alpha value is -1.64. The van der Waals surface area contributed by atoms with Crippen LogP contribution in [-0.4, -0.2) is 20.1 Å². The molecule has 2 N–H and O–H groups in total. The second-order valence-electron chi connectivity index (χ2n) is 3.80. The zero-order chi connectivity index (χ0) is 13.7. The number of hydrogen-bond donors (Lipinski definition) is 2. The summed E-state index contributed by atoms with van der Waals surface area (Å²) >= 11 is 0. The fourth-order valence-corrected chi connectivity index (χ4v) is 2.35. The minimum atomic E-state index is -3.67. The zero-order valence-corrected chi connectivity index (χ0v) is 11.2. The van der Waals surface area contributed by atoms with Crippen LogP contribution in [0.4, 0.5) is 0 Å². The number of rotatable bonds is 7. The van der Waals surface area contributed by atoms with Crippen LogP contribution in [0.3, 0.4) is 0 Å². The van der Waals surface area contributed by atoms with E-state index in [0.29, 0.717) is 18.1 Å². The topological polar surface area (TPSA) is 97.4 Å². The molecule has 2 heterocycles. The van der Waals surface area contributed by atoms with E-state index in [4.69, 9.17) is 8.94 Å². The fraction of sp³-hybridized carbons (Fsp3) is 0.364. The lowest BCUT2D eigenvalue weighted by Gasteiger charge is -2.01. The number of furan rings is 1. The smallest absolute Gasteiger partial charge is 0.274 e. The summed E-state index contributed by atoms with van der Waals surface area (Å²) in [5, 5.41) is 6.43. The molecule has 19 heavy (non-hydrogen) atoms. The number of hydrogen-bond acceptors (Lipinski definition) is 6. The zero-order valence-electron chi connectivity index (χ0n) is 10.4. The third kappa shape index (κ3) is 3.66. The van der Waals surface area contributed by atoms with Gasteiger partial charge in [0.05, 0.1) is 19.3 Å². The van der Waals surface area contributed by atoms with Crippen LogP contribution >= 0.6 is 0 Å². The molecule has 0 saturated heterocycles. The van der Waals surface area contributed by atoms with Gasteiger partial charge in [-0.05, 0) is 18.7 Å². The maximum atomic E-state index is 11.9. The predicted molar refractivity (Wildman–Crippen MR) is 66.6 cm³/mol. The molecule has 0 amide bonds. The van der Waals surface area contributed by atoms with Gasteiger partial charge in [-0.1, -0.05) is 12.1 Å². The molecule has 7 nitrogen and oxygen atoms in total. The van der Waals surface area contributed by atoms with E-state index in [2.05, 4.69) is 15.2 Å². The lowest BCUT2D eigenvalue weighted by atomic mass is 10.4. The summed E-state index contributed by atoms with van der Waals surface area (Å²) in [4.78, 5) is 0. The van der Waals surface area contributed by atoms with E-state index in [-0.39, 0.29) is 11.6 Å². The molecule has 0 fully saturated rings. The van der Waals surface area contributed by atoms with Gasteiger partial charge in [-0.2, -0.15) is 0 Å². The molecule has 0 spiro atoms. The molecule has 8 heteroatoms. The lowest BCUT2D eigenvalue weighted by molar-refractivity contribution is 0.377. The highest BCUT2D eigenvalue weighted by molar-refractivity contribution is 7.89. The average Bonchev–Trinajstić information content (AvgIpc) is 3.05. The summed E-state index contributed by atoms with van der Waals surface area (Å²) in [7, 11) is -3.67. The Labute approximate surface area is 111 Å². The highest BCUT2D eigenvalue weighted by atomic mass is 32.2. The van der Waals surface area contributed by atoms with Crippen LogP contribution in [0.5, 0.6) is 0 Å². The van der Waals surface area contributed by atoms with Crippen LogP contribution < -0.4 is 10.0 Å². The molecule has 0 aliphatic carbocycles. The van der Waals surface area contributed by atoms with Crippen molar-refractivity contribution in [3.63, 3.8) is 0 Å². The first-order valence-electron chi connectivity index (χ1n) is 5.80. The van der Waals surface area contributed by atoms with Crippen molar-refractivity contribution in [3.05, 3.63) is 35.9 Å². The molecule has 0 aromatic carbocycles. The average molecular weight is 285 g/mol. The first-order valence-corrected chi connectivity index (χ1v) is 7.29. The molecule has 0 unspecified atom stereocenters. The van der Waals surface area contributed by atoms with Gasteiger partial charge in [0.25, 0.3) is 10.0 Å². The third-order valence-corrected chi connectivity index (χ3v) is 3.65. The Bertz CT molecular complexity index is 604. The van der Waals surface area contributed by atoms with Crippen molar-refractivity contribution in [1.29, 1.82) is 0 Å². The van der Waals surface area contributed by atoms with Gasteiger partial charge in [0.15, 0.2) is 5.76 Å². The van der Waals surface area contributed by atoms with E-state index in [1.54, 1.807) is 12.1 Å². The van der Waals surface area contributed by atoms with Crippen molar-refractivity contribution in [1.82, 2.24) is 15.2 Å². The Balaban J connectivity index is 2.00. The SMILES string of the molecule is CCNCc1ccc(S(=O)(=O)NCc2ccno2)o1. The van der Waals surface area contributed by atoms with Gasteiger partial charge < -0.3 is 14.3 Å². The van der Waals surface area contributed by atoms with Gasteiger partial charge in [-0.25, -0.2) is 13.1 Å². The number of sulfonamides is 1. The number of aromatic nitrogens is 1. The third-order valence-electron chi connectivity index (χ3n) is 2.38. The van der Waals surface area contributed by atoms with E-state index in [1.165, 1.54) is 12.3 Å². The molecule has 0 atom stereocenters. The predicted octanol–water partition coefficient (Wildman–Crippen LogP) is 0.856. The van der Waals surface area contributed by atoms with Crippen LogP contribution in [0.25, 0.3) is 0 Å². The Kier molecular flexibility index (Phi) is 4.35. The van der Waals surface area contributed by atoms with E-state index in [1.807, 2.05) is 6.92 Å². The maximum absolute atomic E-state index is 11.9. The normalized spacial score (nSPS) is 11.8. The van der Waals surface area contributed by atoms with Gasteiger partial charge in [0.1, 0.15) is 5.76 Å². The first-order chi connectivity index (χ1) is 9.12. The van der Waals surface area contributed by atoms with E-state index >= 15 is 0 Å². The van der Waals surface area contributed by atoms with Gasteiger partial charge in [0, 0.05) is 6.07 Å². The van der Waals surface area contributed by atoms with Gasteiger partial charge in [-0.15, -0.1) is 0 Å². The van der Waals surface area contributed by atoms with Crippen LogP contribution in [0.2, 0.25) is 0 Å². The highest BCUT2D eigenvalue weighted by Gasteiger charge is 2.18. The second-order valence-corrected chi connectivity index (χ2v) is 5.50. The van der Waals surface area contributed by atoms with E-state index in [9.17, 15) is 8.42 Å². The molecule has 0 radical (unpaired) electrons. The molecule has 0 aliphatic heterocycles. The van der Waals surface area contributed by atoms with Crippen LogP contribution in [0.1, 0.15) is 18.4 Å². The minimum Gasteiger partial charge on any atom is -0.447 e. The maximum Gasteiger partial charge on any atom is 0.274 e. The quantitative estimate of drug-likeness (QED) is 0.783. The van der Waals surface area contributed by atoms with Crippen molar-refractivity contribution in [3.8, 4) is 0 Å². The lowest BCUT2D eigenvalue weighted by Crippen LogP contribution is -2.22. The summed E-state index contributed by atoms with van der Waals surface area (Å²) in [5.74, 6) is 1.00. The summed E-state index contributed by atoms with van der Waals surface area (Å²) in [6, 6.07) is 4.64. The second kappa shape index (κ2) is 6.00. The van der Waals surface area contributed by atoms with Crippen molar-refractivity contribution in [2.24, 2.45) is 0 Å². The van der Waals surface area contributed by atoms with Crippen molar-refractivity contribution in [2.75, 3.05) is 6.54 Å². The summed E-state index contributed by atoms with van der Waals surface area (Å²) in [6.07, 6.45) is 1.45. The Morgan fingerprint density at radius 3 is 2.74 bits per heavy atom. The fourth-order valence-electron chi connectivity index (χ4n) is 1.42.